The molecule has 1 aliphatic rings. The van der Waals surface area contributed by atoms with E-state index < -0.39 is 0 Å². The smallest absolute Gasteiger partial charge is 0.400 e. The van der Waals surface area contributed by atoms with Gasteiger partial charge in [-0.1, -0.05) is 24.2 Å². The van der Waals surface area contributed by atoms with Gasteiger partial charge in [0.25, 0.3) is 0 Å². The first-order valence-electron chi connectivity index (χ1n) is 6.20. The van der Waals surface area contributed by atoms with Crippen LogP contribution < -0.4 is 0 Å². The highest BCUT2D eigenvalue weighted by molar-refractivity contribution is 7.12. The summed E-state index contributed by atoms with van der Waals surface area (Å²) in [5.41, 5.74) is -0.588. The largest absolute Gasteiger partial charge is 0.487 e. The fraction of sp³-hybridized carbons (Fsp3) is 0.667. The standard InChI is InChI=1S/C12H19BN2O2S/c1-6-9-14-15-10(18-9)7-8-13-16-11(2,3)12(4,5)17-13/h7-8H,6H2,1-5H3/b8-7+. The zero-order valence-electron chi connectivity index (χ0n) is 11.6. The maximum Gasteiger partial charge on any atom is 0.487 e. The molecule has 0 spiro atoms. The summed E-state index contributed by atoms with van der Waals surface area (Å²) in [6.45, 7) is 10.2. The van der Waals surface area contributed by atoms with Gasteiger partial charge in [-0.15, -0.1) is 10.2 Å². The van der Waals surface area contributed by atoms with E-state index in [4.69, 9.17) is 9.31 Å². The molecule has 98 valence electrons. The van der Waals surface area contributed by atoms with Crippen molar-refractivity contribution in [1.82, 2.24) is 10.2 Å². The summed E-state index contributed by atoms with van der Waals surface area (Å²) in [5, 5.41) is 10.1. The normalized spacial score (nSPS) is 21.9. The summed E-state index contributed by atoms with van der Waals surface area (Å²) in [7, 11) is -0.316. The van der Waals surface area contributed by atoms with Crippen molar-refractivity contribution < 1.29 is 9.31 Å². The molecule has 1 saturated heterocycles. The monoisotopic (exact) mass is 266 g/mol. The van der Waals surface area contributed by atoms with Crippen molar-refractivity contribution in [2.45, 2.75) is 52.2 Å². The van der Waals surface area contributed by atoms with Gasteiger partial charge < -0.3 is 9.31 Å². The van der Waals surface area contributed by atoms with Gasteiger partial charge in [0.2, 0.25) is 0 Å². The molecule has 1 aliphatic heterocycles. The van der Waals surface area contributed by atoms with Crippen molar-refractivity contribution in [1.29, 1.82) is 0 Å². The molecule has 0 aromatic carbocycles. The Labute approximate surface area is 113 Å². The van der Waals surface area contributed by atoms with Crippen molar-refractivity contribution in [2.75, 3.05) is 0 Å². The molecular weight excluding hydrogens is 247 g/mol. The van der Waals surface area contributed by atoms with Crippen LogP contribution in [0.1, 0.15) is 44.6 Å². The minimum absolute atomic E-state index is 0.294. The molecule has 0 unspecified atom stereocenters. The van der Waals surface area contributed by atoms with E-state index in [1.54, 1.807) is 11.3 Å². The summed E-state index contributed by atoms with van der Waals surface area (Å²) < 4.78 is 11.7. The van der Waals surface area contributed by atoms with E-state index in [1.807, 2.05) is 39.7 Å². The lowest BCUT2D eigenvalue weighted by Gasteiger charge is -2.32. The van der Waals surface area contributed by atoms with Gasteiger partial charge in [0.15, 0.2) is 0 Å². The van der Waals surface area contributed by atoms with Gasteiger partial charge in [-0.25, -0.2) is 0 Å². The molecule has 0 N–H and O–H groups in total. The molecule has 1 aromatic heterocycles. The predicted octanol–water partition coefficient (Wildman–Crippen LogP) is 2.75. The first-order chi connectivity index (χ1) is 8.34. The second-order valence-corrected chi connectivity index (χ2v) is 6.47. The van der Waals surface area contributed by atoms with Gasteiger partial charge in [0.05, 0.1) is 11.2 Å². The van der Waals surface area contributed by atoms with Gasteiger partial charge >= 0.3 is 7.12 Å². The molecule has 0 aliphatic carbocycles. The number of nitrogens with zero attached hydrogens (tertiary/aromatic N) is 2. The Bertz CT molecular complexity index is 441. The van der Waals surface area contributed by atoms with Gasteiger partial charge in [0.1, 0.15) is 10.0 Å². The van der Waals surface area contributed by atoms with Gasteiger partial charge in [-0.3, -0.25) is 0 Å². The predicted molar refractivity (Wildman–Crippen MR) is 74.4 cm³/mol. The summed E-state index contributed by atoms with van der Waals surface area (Å²) in [6.07, 6.45) is 2.83. The fourth-order valence-corrected chi connectivity index (χ4v) is 2.30. The molecule has 2 heterocycles. The molecule has 0 saturated carbocycles. The molecule has 1 fully saturated rings. The van der Waals surface area contributed by atoms with E-state index in [2.05, 4.69) is 17.1 Å². The quantitative estimate of drug-likeness (QED) is 0.789. The Morgan fingerprint density at radius 3 is 2.28 bits per heavy atom. The average molecular weight is 266 g/mol. The van der Waals surface area contributed by atoms with Crippen LogP contribution in [-0.2, 0) is 15.7 Å². The third kappa shape index (κ3) is 2.65. The van der Waals surface area contributed by atoms with Crippen LogP contribution in [0.3, 0.4) is 0 Å². The lowest BCUT2D eigenvalue weighted by atomic mass is 9.90. The minimum Gasteiger partial charge on any atom is -0.400 e. The Morgan fingerprint density at radius 2 is 1.78 bits per heavy atom. The van der Waals surface area contributed by atoms with Crippen LogP contribution in [0.5, 0.6) is 0 Å². The first-order valence-corrected chi connectivity index (χ1v) is 7.02. The Balaban J connectivity index is 2.03. The Hall–Kier alpha value is -0.715. The van der Waals surface area contributed by atoms with Crippen LogP contribution in [0.4, 0.5) is 0 Å². The topological polar surface area (TPSA) is 44.2 Å². The summed E-state index contributed by atoms with van der Waals surface area (Å²) in [6, 6.07) is 0. The molecule has 0 radical (unpaired) electrons. The highest BCUT2D eigenvalue weighted by Crippen LogP contribution is 2.37. The molecule has 0 amide bonds. The van der Waals surface area contributed by atoms with Crippen molar-refractivity contribution in [3.63, 3.8) is 0 Å². The number of hydrogen-bond donors (Lipinski definition) is 0. The third-order valence-corrected chi connectivity index (χ3v) is 4.49. The van der Waals surface area contributed by atoms with Crippen molar-refractivity contribution in [2.24, 2.45) is 0 Å². The van der Waals surface area contributed by atoms with Crippen molar-refractivity contribution >= 4 is 24.5 Å². The number of hydrogen-bond acceptors (Lipinski definition) is 5. The maximum atomic E-state index is 5.87. The summed E-state index contributed by atoms with van der Waals surface area (Å²) in [4.78, 5) is 0. The van der Waals surface area contributed by atoms with Crippen LogP contribution in [0, 0.1) is 0 Å². The minimum atomic E-state index is -0.316. The highest BCUT2D eigenvalue weighted by Gasteiger charge is 2.50. The van der Waals surface area contributed by atoms with E-state index in [0.29, 0.717) is 0 Å². The van der Waals surface area contributed by atoms with E-state index in [-0.39, 0.29) is 18.3 Å². The van der Waals surface area contributed by atoms with Gasteiger partial charge in [-0.05, 0) is 40.2 Å². The highest BCUT2D eigenvalue weighted by atomic mass is 32.1. The maximum absolute atomic E-state index is 5.87. The molecule has 0 atom stereocenters. The lowest BCUT2D eigenvalue weighted by molar-refractivity contribution is 0.00578. The zero-order valence-corrected chi connectivity index (χ0v) is 12.4. The fourth-order valence-electron chi connectivity index (χ4n) is 1.60. The molecule has 0 bridgehead atoms. The van der Waals surface area contributed by atoms with Crippen molar-refractivity contribution in [3.8, 4) is 0 Å². The molecule has 2 rings (SSSR count). The van der Waals surface area contributed by atoms with Crippen LogP contribution >= 0.6 is 11.3 Å². The molecule has 4 nitrogen and oxygen atoms in total. The first kappa shape index (κ1) is 13.7. The third-order valence-electron chi connectivity index (χ3n) is 3.45. The van der Waals surface area contributed by atoms with Crippen LogP contribution in [-0.4, -0.2) is 28.5 Å². The molecule has 6 heteroatoms. The van der Waals surface area contributed by atoms with Crippen LogP contribution in [0.15, 0.2) is 5.98 Å². The van der Waals surface area contributed by atoms with Gasteiger partial charge in [0, 0.05) is 0 Å². The molecular formula is C12H19BN2O2S. The Morgan fingerprint density at radius 1 is 1.17 bits per heavy atom. The molecule has 1 aromatic rings. The second kappa shape index (κ2) is 4.76. The van der Waals surface area contributed by atoms with E-state index >= 15 is 0 Å². The zero-order chi connectivity index (χ0) is 13.4. The number of aryl methyl sites for hydroxylation is 1. The summed E-state index contributed by atoms with van der Waals surface area (Å²) >= 11 is 1.60. The number of rotatable bonds is 3. The average Bonchev–Trinajstić information content (AvgIpc) is 2.79. The van der Waals surface area contributed by atoms with E-state index in [1.165, 1.54) is 0 Å². The van der Waals surface area contributed by atoms with E-state index in [9.17, 15) is 0 Å². The van der Waals surface area contributed by atoms with Gasteiger partial charge in [-0.2, -0.15) is 0 Å². The molecule has 18 heavy (non-hydrogen) atoms. The van der Waals surface area contributed by atoms with Crippen LogP contribution in [0.25, 0.3) is 6.08 Å². The van der Waals surface area contributed by atoms with Crippen LogP contribution in [0.2, 0.25) is 0 Å². The number of aromatic nitrogens is 2. The second-order valence-electron chi connectivity index (χ2n) is 5.37. The van der Waals surface area contributed by atoms with E-state index in [0.717, 1.165) is 16.4 Å². The summed E-state index contributed by atoms with van der Waals surface area (Å²) in [5.74, 6) is 1.90. The SMILES string of the molecule is CCc1nnc(/C=C/B2OC(C)(C)C(C)(C)O2)s1. The van der Waals surface area contributed by atoms with Crippen molar-refractivity contribution in [3.05, 3.63) is 16.0 Å². The lowest BCUT2D eigenvalue weighted by Crippen LogP contribution is -2.41. The Kier molecular flexibility index (Phi) is 3.62.